The Bertz CT molecular complexity index is 759. The average molecular weight is 362 g/mol. The molecule has 112 valence electrons. The lowest BCUT2D eigenvalue weighted by Gasteiger charge is -2.02. The Hall–Kier alpha value is -2.54. The van der Waals surface area contributed by atoms with Crippen molar-refractivity contribution in [1.82, 2.24) is 5.43 Å². The van der Waals surface area contributed by atoms with Gasteiger partial charge in [0.2, 0.25) is 0 Å². The molecule has 0 bridgehead atoms. The Balaban J connectivity index is 2.05. The predicted molar refractivity (Wildman–Crippen MR) is 87.0 cm³/mol. The number of hydrogen-bond donors (Lipinski definition) is 1. The first-order chi connectivity index (χ1) is 10.5. The fourth-order valence-corrected chi connectivity index (χ4v) is 2.06. The molecule has 0 radical (unpaired) electrons. The molecule has 0 saturated carbocycles. The maximum Gasteiger partial charge on any atom is 0.271 e. The number of halogens is 1. The Morgan fingerprint density at radius 3 is 2.77 bits per heavy atom. The number of non-ortho nitro benzene ring substituents is 1. The van der Waals surface area contributed by atoms with E-state index in [2.05, 4.69) is 26.5 Å². The maximum atomic E-state index is 11.9. The van der Waals surface area contributed by atoms with E-state index in [4.69, 9.17) is 0 Å². The molecular formula is C15H12BrN3O3. The van der Waals surface area contributed by atoms with Crippen molar-refractivity contribution in [2.75, 3.05) is 0 Å². The highest BCUT2D eigenvalue weighted by Gasteiger charge is 2.06. The van der Waals surface area contributed by atoms with Crippen LogP contribution in [0.3, 0.4) is 0 Å². The molecule has 0 saturated heterocycles. The number of nitro benzene ring substituents is 1. The van der Waals surface area contributed by atoms with E-state index in [0.29, 0.717) is 11.1 Å². The van der Waals surface area contributed by atoms with Crippen molar-refractivity contribution < 1.29 is 9.72 Å². The normalized spacial score (nSPS) is 10.6. The van der Waals surface area contributed by atoms with Gasteiger partial charge in [-0.3, -0.25) is 14.9 Å². The number of aryl methyl sites for hydroxylation is 1. The Labute approximate surface area is 135 Å². The summed E-state index contributed by atoms with van der Waals surface area (Å²) in [7, 11) is 0. The van der Waals surface area contributed by atoms with Crippen LogP contribution in [0, 0.1) is 17.0 Å². The molecule has 0 unspecified atom stereocenters. The summed E-state index contributed by atoms with van der Waals surface area (Å²) in [6, 6.07) is 11.2. The molecule has 0 spiro atoms. The largest absolute Gasteiger partial charge is 0.271 e. The van der Waals surface area contributed by atoms with Crippen LogP contribution in [0.1, 0.15) is 21.5 Å². The minimum atomic E-state index is -0.486. The molecule has 0 heterocycles. The van der Waals surface area contributed by atoms with Gasteiger partial charge < -0.3 is 0 Å². The highest BCUT2D eigenvalue weighted by atomic mass is 79.9. The standard InChI is InChI=1S/C15H12BrN3O3/c1-10-5-6-12(8-14(10)16)15(20)18-17-9-11-3-2-4-13(7-11)19(21)22/h2-9H,1H3,(H,18,20)/b17-9+. The maximum absolute atomic E-state index is 11.9. The Kier molecular flexibility index (Phi) is 5.00. The molecule has 0 aliphatic heterocycles. The zero-order valence-electron chi connectivity index (χ0n) is 11.6. The molecule has 22 heavy (non-hydrogen) atoms. The van der Waals surface area contributed by atoms with Gasteiger partial charge >= 0.3 is 0 Å². The van der Waals surface area contributed by atoms with Crippen LogP contribution in [0.25, 0.3) is 0 Å². The zero-order valence-corrected chi connectivity index (χ0v) is 13.2. The lowest BCUT2D eigenvalue weighted by atomic mass is 10.1. The van der Waals surface area contributed by atoms with E-state index in [1.165, 1.54) is 18.3 Å². The van der Waals surface area contributed by atoms with Gasteiger partial charge in [-0.15, -0.1) is 0 Å². The number of carbonyl (C=O) groups excluding carboxylic acids is 1. The third-order valence-corrected chi connectivity index (χ3v) is 3.75. The molecule has 0 aliphatic carbocycles. The lowest BCUT2D eigenvalue weighted by Crippen LogP contribution is -2.17. The Morgan fingerprint density at radius 2 is 2.09 bits per heavy atom. The van der Waals surface area contributed by atoms with Gasteiger partial charge in [0.05, 0.1) is 11.1 Å². The second kappa shape index (κ2) is 6.95. The summed E-state index contributed by atoms with van der Waals surface area (Å²) in [5.41, 5.74) is 4.37. The number of hydrazone groups is 1. The molecule has 0 aliphatic rings. The van der Waals surface area contributed by atoms with Gasteiger partial charge in [0.25, 0.3) is 11.6 Å². The highest BCUT2D eigenvalue weighted by molar-refractivity contribution is 9.10. The van der Waals surface area contributed by atoms with Gasteiger partial charge in [-0.1, -0.05) is 34.1 Å². The minimum absolute atomic E-state index is 0.0299. The topological polar surface area (TPSA) is 84.6 Å². The molecule has 0 aromatic heterocycles. The number of nitrogens with one attached hydrogen (secondary N) is 1. The quantitative estimate of drug-likeness (QED) is 0.514. The van der Waals surface area contributed by atoms with Crippen molar-refractivity contribution in [2.45, 2.75) is 6.92 Å². The second-order valence-electron chi connectivity index (χ2n) is 4.52. The first kappa shape index (κ1) is 15.8. The van der Waals surface area contributed by atoms with Crippen LogP contribution in [0.15, 0.2) is 52.0 Å². The summed E-state index contributed by atoms with van der Waals surface area (Å²) in [5, 5.41) is 14.5. The fourth-order valence-electron chi connectivity index (χ4n) is 1.68. The molecule has 0 atom stereocenters. The van der Waals surface area contributed by atoms with Crippen LogP contribution in [-0.2, 0) is 0 Å². The van der Waals surface area contributed by atoms with Crippen molar-refractivity contribution in [1.29, 1.82) is 0 Å². The number of nitro groups is 1. The van der Waals surface area contributed by atoms with Crippen molar-refractivity contribution in [3.05, 3.63) is 73.7 Å². The zero-order chi connectivity index (χ0) is 16.1. The average Bonchev–Trinajstić information content (AvgIpc) is 2.50. The lowest BCUT2D eigenvalue weighted by molar-refractivity contribution is -0.384. The van der Waals surface area contributed by atoms with Crippen LogP contribution in [-0.4, -0.2) is 17.0 Å². The molecule has 0 fully saturated rings. The monoisotopic (exact) mass is 361 g/mol. The predicted octanol–water partition coefficient (Wildman–Crippen LogP) is 3.43. The molecular weight excluding hydrogens is 350 g/mol. The molecule has 7 heteroatoms. The molecule has 1 amide bonds. The van der Waals surface area contributed by atoms with Gasteiger partial charge in [0.15, 0.2) is 0 Å². The van der Waals surface area contributed by atoms with Gasteiger partial charge in [-0.25, -0.2) is 5.43 Å². The van der Waals surface area contributed by atoms with E-state index in [1.807, 2.05) is 13.0 Å². The van der Waals surface area contributed by atoms with Crippen LogP contribution in [0.2, 0.25) is 0 Å². The van der Waals surface area contributed by atoms with E-state index < -0.39 is 4.92 Å². The summed E-state index contributed by atoms with van der Waals surface area (Å²) in [4.78, 5) is 22.1. The van der Waals surface area contributed by atoms with Crippen LogP contribution in [0.4, 0.5) is 5.69 Å². The third kappa shape index (κ3) is 3.98. The fraction of sp³-hybridized carbons (Fsp3) is 0.0667. The number of nitrogens with zero attached hydrogens (tertiary/aromatic N) is 2. The van der Waals surface area contributed by atoms with E-state index in [0.717, 1.165) is 10.0 Å². The first-order valence-corrected chi connectivity index (χ1v) is 7.10. The van der Waals surface area contributed by atoms with Gasteiger partial charge in [0, 0.05) is 27.7 Å². The first-order valence-electron chi connectivity index (χ1n) is 6.31. The smallest absolute Gasteiger partial charge is 0.267 e. The van der Waals surface area contributed by atoms with Crippen LogP contribution >= 0.6 is 15.9 Å². The molecule has 2 aromatic rings. The molecule has 1 N–H and O–H groups in total. The minimum Gasteiger partial charge on any atom is -0.267 e. The summed E-state index contributed by atoms with van der Waals surface area (Å²) in [6.07, 6.45) is 1.36. The van der Waals surface area contributed by atoms with E-state index in [9.17, 15) is 14.9 Å². The van der Waals surface area contributed by atoms with Gasteiger partial charge in [0.1, 0.15) is 0 Å². The van der Waals surface area contributed by atoms with E-state index in [-0.39, 0.29) is 11.6 Å². The van der Waals surface area contributed by atoms with E-state index in [1.54, 1.807) is 24.3 Å². The highest BCUT2D eigenvalue weighted by Crippen LogP contribution is 2.17. The number of hydrogen-bond acceptors (Lipinski definition) is 4. The summed E-state index contributed by atoms with van der Waals surface area (Å²) < 4.78 is 0.836. The van der Waals surface area contributed by atoms with Gasteiger partial charge in [-0.05, 0) is 24.6 Å². The van der Waals surface area contributed by atoms with Crippen LogP contribution < -0.4 is 5.43 Å². The SMILES string of the molecule is Cc1ccc(C(=O)N/N=C/c2cccc([N+](=O)[O-])c2)cc1Br. The third-order valence-electron chi connectivity index (χ3n) is 2.89. The molecule has 2 aromatic carbocycles. The van der Waals surface area contributed by atoms with Crippen molar-refractivity contribution in [3.63, 3.8) is 0 Å². The van der Waals surface area contributed by atoms with Gasteiger partial charge in [-0.2, -0.15) is 5.10 Å². The summed E-state index contributed by atoms with van der Waals surface area (Å²) in [5.74, 6) is -0.359. The molecule has 6 nitrogen and oxygen atoms in total. The second-order valence-corrected chi connectivity index (χ2v) is 5.37. The summed E-state index contributed by atoms with van der Waals surface area (Å²) in [6.45, 7) is 1.92. The molecule has 2 rings (SSSR count). The van der Waals surface area contributed by atoms with Crippen molar-refractivity contribution >= 4 is 33.7 Å². The Morgan fingerprint density at radius 1 is 1.32 bits per heavy atom. The van der Waals surface area contributed by atoms with Crippen molar-refractivity contribution in [3.8, 4) is 0 Å². The van der Waals surface area contributed by atoms with E-state index >= 15 is 0 Å². The van der Waals surface area contributed by atoms with Crippen LogP contribution in [0.5, 0.6) is 0 Å². The van der Waals surface area contributed by atoms with Crippen molar-refractivity contribution in [2.24, 2.45) is 5.10 Å². The number of benzene rings is 2. The summed E-state index contributed by atoms with van der Waals surface area (Å²) >= 11 is 3.36. The number of carbonyl (C=O) groups is 1. The number of amides is 1. The number of rotatable bonds is 4.